The molecule has 0 heterocycles. The third-order valence-corrected chi connectivity index (χ3v) is 5.04. The summed E-state index contributed by atoms with van der Waals surface area (Å²) in [6.45, 7) is 0. The second kappa shape index (κ2) is 8.78. The van der Waals surface area contributed by atoms with Crippen molar-refractivity contribution in [3.63, 3.8) is 0 Å². The lowest BCUT2D eigenvalue weighted by atomic mass is 9.62. The fourth-order valence-corrected chi connectivity index (χ4v) is 3.74. The summed E-state index contributed by atoms with van der Waals surface area (Å²) in [6, 6.07) is 4.01. The molecular formula is C22H16N2O8-2. The van der Waals surface area contributed by atoms with Crippen LogP contribution in [0.4, 0.5) is 11.4 Å². The van der Waals surface area contributed by atoms with Crippen LogP contribution in [0.15, 0.2) is 29.3 Å². The van der Waals surface area contributed by atoms with Crippen molar-refractivity contribution in [1.29, 1.82) is 0 Å². The minimum Gasteiger partial charge on any atom is -0.851 e. The van der Waals surface area contributed by atoms with Gasteiger partial charge in [-0.25, -0.2) is 4.99 Å². The van der Waals surface area contributed by atoms with Crippen LogP contribution in [0.2, 0.25) is 0 Å². The summed E-state index contributed by atoms with van der Waals surface area (Å²) in [5, 5.41) is 68.5. The van der Waals surface area contributed by atoms with Crippen molar-refractivity contribution in [2.45, 2.75) is 24.0 Å². The summed E-state index contributed by atoms with van der Waals surface area (Å²) in [7, 11) is 0. The van der Waals surface area contributed by atoms with E-state index in [2.05, 4.69) is 15.0 Å². The summed E-state index contributed by atoms with van der Waals surface area (Å²) >= 11 is 0. The predicted octanol–water partition coefficient (Wildman–Crippen LogP) is -0.313. The Morgan fingerprint density at radius 3 is 2.16 bits per heavy atom. The van der Waals surface area contributed by atoms with Gasteiger partial charge in [-0.15, -0.1) is 18.6 Å². The minimum absolute atomic E-state index is 0.112. The number of nitrogens with zero attached hydrogens (tertiary/aromatic N) is 1. The molecule has 0 bridgehead atoms. The fourth-order valence-electron chi connectivity index (χ4n) is 3.74. The first-order chi connectivity index (χ1) is 15.2. The van der Waals surface area contributed by atoms with Crippen LogP contribution in [-0.4, -0.2) is 44.9 Å². The van der Waals surface area contributed by atoms with E-state index in [9.17, 15) is 35.4 Å². The smallest absolute Gasteiger partial charge is 0.300 e. The molecule has 10 nitrogen and oxygen atoms in total. The molecule has 0 aliphatic heterocycles. The number of carbonyl (C=O) groups is 1. The van der Waals surface area contributed by atoms with E-state index in [1.54, 1.807) is 5.92 Å². The van der Waals surface area contributed by atoms with Crippen molar-refractivity contribution in [2.75, 3.05) is 5.32 Å². The highest BCUT2D eigenvalue weighted by Crippen LogP contribution is 2.54. The lowest BCUT2D eigenvalue weighted by Gasteiger charge is -2.62. The van der Waals surface area contributed by atoms with E-state index < -0.39 is 47.2 Å². The van der Waals surface area contributed by atoms with Crippen LogP contribution < -0.4 is 15.5 Å². The third kappa shape index (κ3) is 3.96. The van der Waals surface area contributed by atoms with Crippen molar-refractivity contribution in [1.82, 2.24) is 0 Å². The molecule has 164 valence electrons. The number of terminal acetylenes is 2. The Hall–Kier alpha value is -4.38. The highest BCUT2D eigenvalue weighted by molar-refractivity contribution is 6.04. The van der Waals surface area contributed by atoms with E-state index in [1.807, 2.05) is 6.11 Å². The number of aromatic hydroxyl groups is 4. The number of benzene rings is 2. The lowest BCUT2D eigenvalue weighted by Crippen LogP contribution is -2.63. The van der Waals surface area contributed by atoms with Gasteiger partial charge in [-0.05, 0) is 17.8 Å². The van der Waals surface area contributed by atoms with E-state index in [-0.39, 0.29) is 28.3 Å². The zero-order chi connectivity index (χ0) is 23.6. The Kier molecular flexibility index (Phi) is 6.12. The molecule has 2 aromatic carbocycles. The average Bonchev–Trinajstić information content (AvgIpc) is 2.72. The first kappa shape index (κ1) is 22.3. The van der Waals surface area contributed by atoms with Gasteiger partial charge in [0.15, 0.2) is 6.40 Å². The van der Waals surface area contributed by atoms with Crippen LogP contribution in [0.1, 0.15) is 23.0 Å². The van der Waals surface area contributed by atoms with Gasteiger partial charge in [0.25, 0.3) is 5.91 Å². The molecule has 1 amide bonds. The van der Waals surface area contributed by atoms with E-state index in [4.69, 9.17) is 12.8 Å². The quantitative estimate of drug-likeness (QED) is 0.241. The molecule has 1 aliphatic rings. The van der Waals surface area contributed by atoms with Crippen LogP contribution >= 0.6 is 0 Å². The average molecular weight is 436 g/mol. The molecule has 3 rings (SSSR count). The molecule has 32 heavy (non-hydrogen) atoms. The number of hydrogen-bond acceptors (Lipinski definition) is 9. The molecule has 10 heteroatoms. The molecule has 0 radical (unpaired) electrons. The summed E-state index contributed by atoms with van der Waals surface area (Å²) < 4.78 is 4.54. The van der Waals surface area contributed by atoms with Crippen molar-refractivity contribution in [3.8, 4) is 47.9 Å². The molecule has 5 N–H and O–H groups in total. The Morgan fingerprint density at radius 2 is 1.56 bits per heavy atom. The topological polar surface area (TPSA) is 178 Å². The van der Waals surface area contributed by atoms with Gasteiger partial charge in [0.2, 0.25) is 0 Å². The van der Waals surface area contributed by atoms with Crippen molar-refractivity contribution in [2.24, 2.45) is 4.99 Å². The molecule has 1 fully saturated rings. The summed E-state index contributed by atoms with van der Waals surface area (Å²) in [5.41, 5.74) is -0.630. The van der Waals surface area contributed by atoms with Gasteiger partial charge >= 0.3 is 0 Å². The number of amides is 1. The van der Waals surface area contributed by atoms with Gasteiger partial charge in [-0.2, -0.15) is 0 Å². The number of carbonyl (C=O) groups excluding carboxylic acids is 1. The normalized spacial score (nSPS) is 21.9. The van der Waals surface area contributed by atoms with Crippen LogP contribution in [0, 0.1) is 24.9 Å². The predicted molar refractivity (Wildman–Crippen MR) is 108 cm³/mol. The maximum atomic E-state index is 13.1. The molecule has 2 unspecified atom stereocenters. The fraction of sp³-hybridized carbons (Fsp3) is 0.182. The zero-order valence-corrected chi connectivity index (χ0v) is 16.2. The van der Waals surface area contributed by atoms with E-state index in [1.165, 1.54) is 0 Å². The number of hydrogen-bond donors (Lipinski definition) is 5. The number of phenolic OH excluding ortho intramolecular Hbond substituents is 4. The van der Waals surface area contributed by atoms with Crippen molar-refractivity contribution < 1.29 is 40.2 Å². The van der Waals surface area contributed by atoms with Crippen molar-refractivity contribution in [3.05, 3.63) is 35.4 Å². The monoisotopic (exact) mass is 436 g/mol. The number of anilines is 1. The SMILES string of the molecule is C#COC=Nc1cc(O)cc(O)c1C1C([O-])C(c2c(O)cc(O)cc2NC(=O)C#C)C1[O-]. The van der Waals surface area contributed by atoms with Gasteiger partial charge in [-0.3, -0.25) is 4.79 Å². The molecule has 1 saturated carbocycles. The van der Waals surface area contributed by atoms with Crippen LogP contribution in [0.25, 0.3) is 0 Å². The molecule has 0 aromatic heterocycles. The highest BCUT2D eigenvalue weighted by atomic mass is 16.5. The Labute approximate surface area is 182 Å². The number of nitrogens with one attached hydrogen (secondary N) is 1. The van der Waals surface area contributed by atoms with Gasteiger partial charge in [0, 0.05) is 35.4 Å². The molecular weight excluding hydrogens is 420 g/mol. The van der Waals surface area contributed by atoms with Crippen LogP contribution in [0.5, 0.6) is 23.0 Å². The molecule has 2 atom stereocenters. The van der Waals surface area contributed by atoms with Gasteiger partial charge in [0.05, 0.1) is 11.4 Å². The minimum atomic E-state index is -1.70. The maximum Gasteiger partial charge on any atom is 0.300 e. The zero-order valence-electron chi connectivity index (χ0n) is 16.2. The van der Waals surface area contributed by atoms with Crippen LogP contribution in [-0.2, 0) is 9.53 Å². The first-order valence-electron chi connectivity index (χ1n) is 9.04. The molecule has 1 aliphatic carbocycles. The van der Waals surface area contributed by atoms with Gasteiger partial charge in [-0.1, -0.05) is 6.42 Å². The Balaban J connectivity index is 2.04. The van der Waals surface area contributed by atoms with Crippen LogP contribution in [0.3, 0.4) is 0 Å². The second-order valence-corrected chi connectivity index (χ2v) is 6.87. The number of aliphatic imine (C=N–C) groups is 1. The summed E-state index contributed by atoms with van der Waals surface area (Å²) in [4.78, 5) is 15.5. The van der Waals surface area contributed by atoms with E-state index in [0.717, 1.165) is 30.7 Å². The second-order valence-electron chi connectivity index (χ2n) is 6.87. The standard InChI is InChI=1S/C22H16N2O8/c1-3-16(29)24-13-6-11(26)8-15(28)18(13)20-21(30)19(22(20)31)17-12(23-9-32-4-2)5-10(25)7-14(17)27/h1-2,5-9,19-22,25-28H,(H,24,29)/q-2. The largest absolute Gasteiger partial charge is 0.851 e. The first-order valence-corrected chi connectivity index (χ1v) is 9.04. The van der Waals surface area contributed by atoms with Crippen molar-refractivity contribution >= 4 is 23.7 Å². The number of rotatable bonds is 5. The number of phenols is 4. The van der Waals surface area contributed by atoms with E-state index in [0.29, 0.717) is 0 Å². The maximum absolute atomic E-state index is 13.1. The van der Waals surface area contributed by atoms with Gasteiger partial charge in [0.1, 0.15) is 29.1 Å². The third-order valence-electron chi connectivity index (χ3n) is 5.04. The molecule has 0 spiro atoms. The van der Waals surface area contributed by atoms with Gasteiger partial charge < -0.3 is 40.7 Å². The summed E-state index contributed by atoms with van der Waals surface area (Å²) in [5.74, 6) is -3.76. The Morgan fingerprint density at radius 1 is 1.00 bits per heavy atom. The molecule has 2 aromatic rings. The highest BCUT2D eigenvalue weighted by Gasteiger charge is 2.43. The number of ether oxygens (including phenoxy) is 1. The Bertz CT molecular complexity index is 1170. The summed E-state index contributed by atoms with van der Waals surface area (Å²) in [6.07, 6.45) is 9.23. The van der Waals surface area contributed by atoms with E-state index >= 15 is 0 Å². The lowest BCUT2D eigenvalue weighted by molar-refractivity contribution is -0.536. The molecule has 0 saturated heterocycles.